The third kappa shape index (κ3) is 4.08. The van der Waals surface area contributed by atoms with E-state index in [2.05, 4.69) is 10.1 Å². The van der Waals surface area contributed by atoms with Crippen molar-refractivity contribution < 1.29 is 22.4 Å². The molecule has 7 nitrogen and oxygen atoms in total. The number of rotatable bonds is 3. The maximum Gasteiger partial charge on any atom is 0.434 e. The Morgan fingerprint density at radius 3 is 2.50 bits per heavy atom. The molecule has 0 spiro atoms. The van der Waals surface area contributed by atoms with Gasteiger partial charge in [-0.15, -0.1) is 0 Å². The third-order valence-electron chi connectivity index (χ3n) is 6.20. The first-order valence-corrected chi connectivity index (χ1v) is 11.3. The van der Waals surface area contributed by atoms with Crippen LogP contribution in [0.25, 0.3) is 28.0 Å². The molecule has 1 amide bonds. The summed E-state index contributed by atoms with van der Waals surface area (Å²) in [6, 6.07) is 9.67. The number of aromatic nitrogens is 4. The Labute approximate surface area is 203 Å². The second-order valence-electron chi connectivity index (χ2n) is 8.67. The first-order valence-electron chi connectivity index (χ1n) is 11.3. The van der Waals surface area contributed by atoms with E-state index in [9.17, 15) is 22.4 Å². The summed E-state index contributed by atoms with van der Waals surface area (Å²) in [5, 5.41) is 13.9. The van der Waals surface area contributed by atoms with Crippen LogP contribution in [0, 0.1) is 17.1 Å². The lowest BCUT2D eigenvalue weighted by molar-refractivity contribution is -0.142. The van der Waals surface area contributed by atoms with Crippen LogP contribution >= 0.6 is 0 Å². The number of hydrogen-bond donors (Lipinski definition) is 0. The number of carbonyl (C=O) groups excluding carboxylic acids is 1. The second kappa shape index (κ2) is 8.78. The van der Waals surface area contributed by atoms with E-state index < -0.39 is 29.3 Å². The summed E-state index contributed by atoms with van der Waals surface area (Å²) < 4.78 is 60.7. The van der Waals surface area contributed by atoms with Gasteiger partial charge < -0.3 is 4.90 Å². The van der Waals surface area contributed by atoms with Crippen LogP contribution in [0.1, 0.15) is 41.0 Å². The van der Waals surface area contributed by atoms with Crippen molar-refractivity contribution in [3.05, 3.63) is 65.4 Å². The Balaban J connectivity index is 1.79. The highest BCUT2D eigenvalue weighted by Gasteiger charge is 2.43. The summed E-state index contributed by atoms with van der Waals surface area (Å²) in [7, 11) is 1.69. The molecule has 184 valence electrons. The molecule has 0 N–H and O–H groups in total. The van der Waals surface area contributed by atoms with Crippen molar-refractivity contribution in [1.29, 1.82) is 5.26 Å². The molecule has 1 aliphatic heterocycles. The SMILES string of the molecule is Cn1cc2cc(-n3c(-c4ccc(C#N)c(F)c4)nc(C(=O)N4CCCCC4)c3C(F)(F)F)ccc2n1. The number of aryl methyl sites for hydroxylation is 1. The molecule has 3 heterocycles. The summed E-state index contributed by atoms with van der Waals surface area (Å²) in [6.45, 7) is 0.678. The van der Waals surface area contributed by atoms with Gasteiger partial charge in [0.2, 0.25) is 0 Å². The van der Waals surface area contributed by atoms with Crippen LogP contribution < -0.4 is 0 Å². The predicted octanol–water partition coefficient (Wildman–Crippen LogP) is 5.08. The number of halogens is 4. The molecule has 36 heavy (non-hydrogen) atoms. The zero-order chi connectivity index (χ0) is 25.6. The Bertz CT molecular complexity index is 1520. The summed E-state index contributed by atoms with van der Waals surface area (Å²) in [5.74, 6) is -1.97. The van der Waals surface area contributed by atoms with E-state index in [1.807, 2.05) is 0 Å². The fourth-order valence-electron chi connectivity index (χ4n) is 4.54. The summed E-state index contributed by atoms with van der Waals surface area (Å²) >= 11 is 0. The lowest BCUT2D eigenvalue weighted by Crippen LogP contribution is -2.37. The number of imidazole rings is 1. The number of likely N-dealkylation sites (tertiary alicyclic amines) is 1. The van der Waals surface area contributed by atoms with Gasteiger partial charge in [0.1, 0.15) is 17.7 Å². The van der Waals surface area contributed by atoms with Crippen LogP contribution in [0.3, 0.4) is 0 Å². The molecular weight excluding hydrogens is 476 g/mol. The van der Waals surface area contributed by atoms with Gasteiger partial charge in [0, 0.05) is 43.0 Å². The third-order valence-corrected chi connectivity index (χ3v) is 6.20. The fourth-order valence-corrected chi connectivity index (χ4v) is 4.54. The van der Waals surface area contributed by atoms with Crippen molar-refractivity contribution in [2.75, 3.05) is 13.1 Å². The van der Waals surface area contributed by atoms with Gasteiger partial charge in [-0.05, 0) is 55.7 Å². The number of amides is 1. The molecule has 2 aromatic carbocycles. The summed E-state index contributed by atoms with van der Waals surface area (Å²) in [5.41, 5.74) is -1.56. The lowest BCUT2D eigenvalue weighted by Gasteiger charge is -2.26. The van der Waals surface area contributed by atoms with E-state index >= 15 is 0 Å². The summed E-state index contributed by atoms with van der Waals surface area (Å²) in [4.78, 5) is 18.8. The molecule has 4 aromatic rings. The highest BCUT2D eigenvalue weighted by molar-refractivity contribution is 5.95. The monoisotopic (exact) mass is 496 g/mol. The van der Waals surface area contributed by atoms with Crippen molar-refractivity contribution in [1.82, 2.24) is 24.2 Å². The second-order valence-corrected chi connectivity index (χ2v) is 8.67. The van der Waals surface area contributed by atoms with Gasteiger partial charge >= 0.3 is 6.18 Å². The van der Waals surface area contributed by atoms with Crippen LogP contribution in [-0.2, 0) is 13.2 Å². The largest absolute Gasteiger partial charge is 0.434 e. The highest BCUT2D eigenvalue weighted by atomic mass is 19.4. The lowest BCUT2D eigenvalue weighted by atomic mass is 10.1. The normalized spacial score (nSPS) is 14.3. The number of carbonyl (C=O) groups is 1. The molecule has 1 fully saturated rings. The number of piperidine rings is 1. The van der Waals surface area contributed by atoms with Gasteiger partial charge in [-0.25, -0.2) is 9.37 Å². The topological polar surface area (TPSA) is 79.7 Å². The zero-order valence-electron chi connectivity index (χ0n) is 19.2. The van der Waals surface area contributed by atoms with Crippen LogP contribution in [0.2, 0.25) is 0 Å². The van der Waals surface area contributed by atoms with E-state index in [-0.39, 0.29) is 22.6 Å². The van der Waals surface area contributed by atoms with Gasteiger partial charge in [0.25, 0.3) is 5.91 Å². The van der Waals surface area contributed by atoms with E-state index in [0.717, 1.165) is 17.1 Å². The minimum absolute atomic E-state index is 0.000905. The molecule has 0 radical (unpaired) electrons. The van der Waals surface area contributed by atoms with Crippen molar-refractivity contribution in [3.63, 3.8) is 0 Å². The Kier molecular flexibility index (Phi) is 5.74. The highest BCUT2D eigenvalue weighted by Crippen LogP contribution is 2.39. The molecule has 0 unspecified atom stereocenters. The minimum Gasteiger partial charge on any atom is -0.337 e. The molecule has 5 rings (SSSR count). The van der Waals surface area contributed by atoms with Gasteiger partial charge in [-0.1, -0.05) is 0 Å². The molecule has 1 aliphatic rings. The Morgan fingerprint density at radius 1 is 1.08 bits per heavy atom. The van der Waals surface area contributed by atoms with Gasteiger partial charge in [0.15, 0.2) is 11.4 Å². The van der Waals surface area contributed by atoms with Gasteiger partial charge in [-0.2, -0.15) is 23.5 Å². The van der Waals surface area contributed by atoms with E-state index in [0.29, 0.717) is 36.8 Å². The minimum atomic E-state index is -4.94. The van der Waals surface area contributed by atoms with Crippen LogP contribution in [0.4, 0.5) is 17.6 Å². The fraction of sp³-hybridized carbons (Fsp3) is 0.280. The van der Waals surface area contributed by atoms with Crippen molar-refractivity contribution in [2.45, 2.75) is 25.4 Å². The smallest absolute Gasteiger partial charge is 0.337 e. The molecule has 0 aliphatic carbocycles. The number of benzene rings is 2. The first kappa shape index (κ1) is 23.5. The quantitative estimate of drug-likeness (QED) is 0.371. The summed E-state index contributed by atoms with van der Waals surface area (Å²) in [6.07, 6.45) is -1.01. The van der Waals surface area contributed by atoms with E-state index in [1.54, 1.807) is 25.4 Å². The maximum atomic E-state index is 14.6. The molecule has 11 heteroatoms. The van der Waals surface area contributed by atoms with Crippen LogP contribution in [-0.4, -0.2) is 43.2 Å². The van der Waals surface area contributed by atoms with Crippen LogP contribution in [0.5, 0.6) is 0 Å². The number of nitrogens with zero attached hydrogens (tertiary/aromatic N) is 6. The van der Waals surface area contributed by atoms with Gasteiger partial charge in [0.05, 0.1) is 11.1 Å². The van der Waals surface area contributed by atoms with Gasteiger partial charge in [-0.3, -0.25) is 14.0 Å². The molecular formula is C25H20F4N6O. The molecule has 0 atom stereocenters. The number of fused-ring (bicyclic) bond motifs is 1. The molecule has 0 saturated carbocycles. The van der Waals surface area contributed by atoms with Crippen molar-refractivity contribution in [2.24, 2.45) is 7.05 Å². The predicted molar refractivity (Wildman–Crippen MR) is 123 cm³/mol. The number of alkyl halides is 3. The number of hydrogen-bond acceptors (Lipinski definition) is 4. The van der Waals surface area contributed by atoms with Crippen molar-refractivity contribution in [3.8, 4) is 23.1 Å². The van der Waals surface area contributed by atoms with E-state index in [4.69, 9.17) is 5.26 Å². The molecule has 2 aromatic heterocycles. The maximum absolute atomic E-state index is 14.6. The Hall–Kier alpha value is -4.20. The average Bonchev–Trinajstić information content (AvgIpc) is 3.43. The van der Waals surface area contributed by atoms with Crippen LogP contribution in [0.15, 0.2) is 42.6 Å². The van der Waals surface area contributed by atoms with Crippen molar-refractivity contribution >= 4 is 16.8 Å². The zero-order valence-corrected chi connectivity index (χ0v) is 19.2. The first-order chi connectivity index (χ1) is 17.2. The molecule has 1 saturated heterocycles. The molecule has 0 bridgehead atoms. The van der Waals surface area contributed by atoms with E-state index in [1.165, 1.54) is 33.8 Å². The number of nitriles is 1. The standard InChI is InChI=1S/C25H20F4N6O/c1-33-14-17-11-18(7-8-20(17)32-33)35-22(25(27,28)29)21(24(36)34-9-3-2-4-10-34)31-23(35)15-5-6-16(13-30)19(26)12-15/h5-8,11-12,14H,2-4,9-10H2,1H3. The average molecular weight is 496 g/mol. The Morgan fingerprint density at radius 2 is 1.83 bits per heavy atom.